The zero-order valence-electron chi connectivity index (χ0n) is 9.39. The van der Waals surface area contributed by atoms with Crippen molar-refractivity contribution in [1.29, 1.82) is 0 Å². The van der Waals surface area contributed by atoms with E-state index in [1.165, 1.54) is 0 Å². The number of hydrogen-bond donors (Lipinski definition) is 1. The van der Waals surface area contributed by atoms with Gasteiger partial charge in [-0.05, 0) is 37.1 Å². The normalized spacial score (nSPS) is 14.5. The molecule has 0 atom stereocenters. The quantitative estimate of drug-likeness (QED) is 0.922. The Kier molecular flexibility index (Phi) is 2.76. The molecule has 2 aromatic rings. The number of carbonyl (C=O) groups excluding carboxylic acids is 1. The minimum atomic E-state index is -0.315. The van der Waals surface area contributed by atoms with Gasteiger partial charge in [0.05, 0.1) is 0 Å². The van der Waals surface area contributed by atoms with Gasteiger partial charge in [0.25, 0.3) is 0 Å². The first-order valence-corrected chi connectivity index (χ1v) is 6.01. The van der Waals surface area contributed by atoms with E-state index in [9.17, 15) is 4.79 Å². The van der Waals surface area contributed by atoms with Crippen LogP contribution in [0.5, 0.6) is 0 Å². The van der Waals surface area contributed by atoms with Crippen LogP contribution in [-0.4, -0.2) is 22.1 Å². The number of benzene rings is 1. The first kappa shape index (κ1) is 11.2. The monoisotopic (exact) mass is 263 g/mol. The van der Waals surface area contributed by atoms with Gasteiger partial charge in [-0.3, -0.25) is 4.79 Å². The first-order chi connectivity index (χ1) is 8.72. The molecular weight excluding hydrogens is 254 g/mol. The van der Waals surface area contributed by atoms with Crippen molar-refractivity contribution in [3.8, 4) is 11.4 Å². The molecule has 92 valence electrons. The molecule has 1 aliphatic carbocycles. The number of hydrogen-bond acceptors (Lipinski definition) is 4. The number of carbonyl (C=O) groups is 1. The summed E-state index contributed by atoms with van der Waals surface area (Å²) in [5, 5.41) is 7.20. The molecule has 0 saturated heterocycles. The highest BCUT2D eigenvalue weighted by Crippen LogP contribution is 2.21. The van der Waals surface area contributed by atoms with E-state index in [0.717, 1.165) is 18.4 Å². The molecule has 1 saturated carbocycles. The molecule has 0 unspecified atom stereocenters. The van der Waals surface area contributed by atoms with Crippen molar-refractivity contribution in [2.75, 3.05) is 0 Å². The van der Waals surface area contributed by atoms with Gasteiger partial charge in [-0.1, -0.05) is 16.8 Å². The highest BCUT2D eigenvalue weighted by Gasteiger charge is 2.26. The maximum absolute atomic E-state index is 11.7. The van der Waals surface area contributed by atoms with Gasteiger partial charge in [-0.25, -0.2) is 0 Å². The molecule has 0 spiro atoms. The maximum atomic E-state index is 11.7. The van der Waals surface area contributed by atoms with Gasteiger partial charge in [0, 0.05) is 16.6 Å². The highest BCUT2D eigenvalue weighted by molar-refractivity contribution is 6.30. The lowest BCUT2D eigenvalue weighted by atomic mass is 10.2. The van der Waals surface area contributed by atoms with E-state index in [1.807, 2.05) is 0 Å². The fourth-order valence-electron chi connectivity index (χ4n) is 1.51. The second kappa shape index (κ2) is 4.42. The standard InChI is InChI=1S/C12H10ClN3O2/c13-8-3-1-7(2-4-8)10-15-12(18-16-10)11(17)14-9-5-6-9/h1-4,9H,5-6H2,(H,14,17). The van der Waals surface area contributed by atoms with Crippen LogP contribution in [0.2, 0.25) is 5.02 Å². The molecule has 5 nitrogen and oxygen atoms in total. The highest BCUT2D eigenvalue weighted by atomic mass is 35.5. The third-order valence-corrected chi connectivity index (χ3v) is 2.89. The minimum Gasteiger partial charge on any atom is -0.345 e. The number of nitrogens with one attached hydrogen (secondary N) is 1. The number of halogens is 1. The average molecular weight is 264 g/mol. The van der Waals surface area contributed by atoms with E-state index in [4.69, 9.17) is 16.1 Å². The van der Waals surface area contributed by atoms with Crippen molar-refractivity contribution in [1.82, 2.24) is 15.5 Å². The number of nitrogens with zero attached hydrogens (tertiary/aromatic N) is 2. The summed E-state index contributed by atoms with van der Waals surface area (Å²) in [6.07, 6.45) is 2.04. The lowest BCUT2D eigenvalue weighted by molar-refractivity contribution is 0.0907. The fraction of sp³-hybridized carbons (Fsp3) is 0.250. The molecule has 0 aliphatic heterocycles. The fourth-order valence-corrected chi connectivity index (χ4v) is 1.63. The molecular formula is C12H10ClN3O2. The number of rotatable bonds is 3. The average Bonchev–Trinajstić information content (AvgIpc) is 3.04. The third-order valence-electron chi connectivity index (χ3n) is 2.64. The molecule has 1 fully saturated rings. The summed E-state index contributed by atoms with van der Waals surface area (Å²) in [5.41, 5.74) is 0.758. The molecule has 1 aromatic carbocycles. The summed E-state index contributed by atoms with van der Waals surface area (Å²) in [6, 6.07) is 7.28. The zero-order chi connectivity index (χ0) is 12.5. The molecule has 18 heavy (non-hydrogen) atoms. The Hall–Kier alpha value is -1.88. The van der Waals surface area contributed by atoms with E-state index in [0.29, 0.717) is 10.8 Å². The summed E-state index contributed by atoms with van der Waals surface area (Å²) in [4.78, 5) is 15.7. The molecule has 1 aromatic heterocycles. The van der Waals surface area contributed by atoms with Crippen molar-refractivity contribution in [2.24, 2.45) is 0 Å². The van der Waals surface area contributed by atoms with E-state index < -0.39 is 0 Å². The second-order valence-corrected chi connectivity index (χ2v) is 4.61. The lowest BCUT2D eigenvalue weighted by Crippen LogP contribution is -2.25. The predicted molar refractivity (Wildman–Crippen MR) is 65.2 cm³/mol. The summed E-state index contributed by atoms with van der Waals surface area (Å²) in [6.45, 7) is 0. The number of aromatic nitrogens is 2. The van der Waals surface area contributed by atoms with Crippen molar-refractivity contribution < 1.29 is 9.32 Å². The van der Waals surface area contributed by atoms with Crippen molar-refractivity contribution in [3.63, 3.8) is 0 Å². The van der Waals surface area contributed by atoms with Gasteiger partial charge in [0.15, 0.2) is 0 Å². The largest absolute Gasteiger partial charge is 0.345 e. The van der Waals surface area contributed by atoms with E-state index in [2.05, 4.69) is 15.5 Å². The van der Waals surface area contributed by atoms with Crippen LogP contribution >= 0.6 is 11.6 Å². The van der Waals surface area contributed by atoms with Crippen LogP contribution < -0.4 is 5.32 Å². The van der Waals surface area contributed by atoms with Crippen molar-refractivity contribution in [3.05, 3.63) is 35.2 Å². The molecule has 1 amide bonds. The molecule has 1 heterocycles. The summed E-state index contributed by atoms with van der Waals surface area (Å²) in [5.74, 6) is 0.0599. The van der Waals surface area contributed by atoms with Gasteiger partial charge in [-0.2, -0.15) is 4.98 Å². The van der Waals surface area contributed by atoms with Gasteiger partial charge in [0.1, 0.15) is 0 Å². The summed E-state index contributed by atoms with van der Waals surface area (Å²) in [7, 11) is 0. The SMILES string of the molecule is O=C(NC1CC1)c1nc(-c2ccc(Cl)cc2)no1. The maximum Gasteiger partial charge on any atom is 0.316 e. The summed E-state index contributed by atoms with van der Waals surface area (Å²) < 4.78 is 4.93. The second-order valence-electron chi connectivity index (χ2n) is 4.18. The van der Waals surface area contributed by atoms with E-state index in [1.54, 1.807) is 24.3 Å². The predicted octanol–water partition coefficient (Wildman–Crippen LogP) is 2.28. The molecule has 0 radical (unpaired) electrons. The van der Waals surface area contributed by atoms with E-state index in [-0.39, 0.29) is 17.8 Å². The Morgan fingerprint density at radius 1 is 1.33 bits per heavy atom. The molecule has 3 rings (SSSR count). The van der Waals surface area contributed by atoms with Crippen molar-refractivity contribution in [2.45, 2.75) is 18.9 Å². The van der Waals surface area contributed by atoms with Crippen molar-refractivity contribution >= 4 is 17.5 Å². The Labute approximate surface area is 108 Å². The summed E-state index contributed by atoms with van der Waals surface area (Å²) >= 11 is 5.79. The van der Waals surface area contributed by atoms with Crippen LogP contribution in [0.1, 0.15) is 23.5 Å². The Morgan fingerprint density at radius 2 is 2.06 bits per heavy atom. The minimum absolute atomic E-state index is 0.00755. The smallest absolute Gasteiger partial charge is 0.316 e. The zero-order valence-corrected chi connectivity index (χ0v) is 10.1. The Morgan fingerprint density at radius 3 is 2.72 bits per heavy atom. The number of amides is 1. The molecule has 1 aliphatic rings. The van der Waals surface area contributed by atoms with Crippen LogP contribution in [0.15, 0.2) is 28.8 Å². The van der Waals surface area contributed by atoms with Gasteiger partial charge < -0.3 is 9.84 Å². The van der Waals surface area contributed by atoms with Gasteiger partial charge in [0.2, 0.25) is 5.82 Å². The van der Waals surface area contributed by atoms with Crippen LogP contribution in [0, 0.1) is 0 Å². The van der Waals surface area contributed by atoms with Crippen LogP contribution in [0.4, 0.5) is 0 Å². The topological polar surface area (TPSA) is 68.0 Å². The molecule has 0 bridgehead atoms. The van der Waals surface area contributed by atoms with Gasteiger partial charge in [-0.15, -0.1) is 0 Å². The first-order valence-electron chi connectivity index (χ1n) is 5.63. The Balaban J connectivity index is 1.79. The Bertz CT molecular complexity index is 575. The van der Waals surface area contributed by atoms with Gasteiger partial charge >= 0.3 is 11.8 Å². The third kappa shape index (κ3) is 2.36. The van der Waals surface area contributed by atoms with Crippen LogP contribution in [0.3, 0.4) is 0 Å². The molecule has 6 heteroatoms. The van der Waals surface area contributed by atoms with Crippen LogP contribution in [-0.2, 0) is 0 Å². The van der Waals surface area contributed by atoms with E-state index >= 15 is 0 Å². The lowest BCUT2D eigenvalue weighted by Gasteiger charge is -1.96. The van der Waals surface area contributed by atoms with Crippen LogP contribution in [0.25, 0.3) is 11.4 Å². The molecule has 1 N–H and O–H groups in total.